The first-order valence-corrected chi connectivity index (χ1v) is 6.63. The van der Waals surface area contributed by atoms with E-state index in [0.29, 0.717) is 0 Å². The summed E-state index contributed by atoms with van der Waals surface area (Å²) < 4.78 is 18.6. The Hall–Kier alpha value is -1.78. The lowest BCUT2D eigenvalue weighted by atomic mass is 9.95. The Balaban J connectivity index is 1.83. The van der Waals surface area contributed by atoms with Crippen LogP contribution in [0.4, 0.5) is 10.1 Å². The van der Waals surface area contributed by atoms with Crippen molar-refractivity contribution in [3.63, 3.8) is 0 Å². The van der Waals surface area contributed by atoms with Crippen LogP contribution in [0, 0.1) is 5.82 Å². The number of nitrogens with one attached hydrogen (secondary N) is 1. The molecule has 0 bridgehead atoms. The highest BCUT2D eigenvalue weighted by Crippen LogP contribution is 2.24. The van der Waals surface area contributed by atoms with Gasteiger partial charge < -0.3 is 15.8 Å². The topological polar surface area (TPSA) is 64.3 Å². The van der Waals surface area contributed by atoms with E-state index >= 15 is 0 Å². The number of amides is 1. The summed E-state index contributed by atoms with van der Waals surface area (Å²) in [6, 6.07) is 4.52. The number of nitrogen functional groups attached to an aromatic ring is 1. The van der Waals surface area contributed by atoms with Gasteiger partial charge in [-0.15, -0.1) is 0 Å². The van der Waals surface area contributed by atoms with Crippen LogP contribution >= 0.6 is 0 Å². The van der Waals surface area contributed by atoms with Crippen LogP contribution in [-0.4, -0.2) is 18.6 Å². The number of hydrogen-bond donors (Lipinski definition) is 2. The predicted octanol–water partition coefficient (Wildman–Crippen LogP) is 2.24. The molecule has 3 N–H and O–H groups in total. The minimum absolute atomic E-state index is 0.0544. The molecule has 5 heteroatoms. The van der Waals surface area contributed by atoms with Gasteiger partial charge in [0, 0.05) is 6.04 Å². The Morgan fingerprint density at radius 2 is 2.11 bits per heavy atom. The van der Waals surface area contributed by atoms with Gasteiger partial charge in [-0.1, -0.05) is 25.3 Å². The second kappa shape index (κ2) is 6.41. The summed E-state index contributed by atoms with van der Waals surface area (Å²) in [7, 11) is 0. The lowest BCUT2D eigenvalue weighted by Gasteiger charge is -2.22. The predicted molar refractivity (Wildman–Crippen MR) is 71.3 cm³/mol. The molecule has 1 aromatic rings. The molecule has 1 aromatic carbocycles. The third-order valence-corrected chi connectivity index (χ3v) is 3.32. The fraction of sp³-hybridized carbons (Fsp3) is 0.500. The van der Waals surface area contributed by atoms with Gasteiger partial charge in [-0.25, -0.2) is 4.39 Å². The van der Waals surface area contributed by atoms with Gasteiger partial charge in [-0.3, -0.25) is 4.79 Å². The Morgan fingerprint density at radius 1 is 1.37 bits per heavy atom. The number of rotatable bonds is 4. The van der Waals surface area contributed by atoms with Gasteiger partial charge in [0.05, 0.1) is 5.69 Å². The van der Waals surface area contributed by atoms with Crippen molar-refractivity contribution in [3.8, 4) is 5.75 Å². The second-order valence-electron chi connectivity index (χ2n) is 4.85. The molecular weight excluding hydrogens is 247 g/mol. The zero-order chi connectivity index (χ0) is 13.7. The molecule has 4 nitrogen and oxygen atoms in total. The van der Waals surface area contributed by atoms with Crippen molar-refractivity contribution in [2.75, 3.05) is 12.3 Å². The van der Waals surface area contributed by atoms with E-state index in [2.05, 4.69) is 5.32 Å². The molecular formula is C14H19FN2O2. The SMILES string of the molecule is Nc1cccc(F)c1OCC(=O)NC1CCCCC1. The largest absolute Gasteiger partial charge is 0.479 e. The number of ether oxygens (including phenoxy) is 1. The summed E-state index contributed by atoms with van der Waals surface area (Å²) in [4.78, 5) is 11.7. The van der Waals surface area contributed by atoms with E-state index in [0.717, 1.165) is 25.7 Å². The van der Waals surface area contributed by atoms with Gasteiger partial charge >= 0.3 is 0 Å². The monoisotopic (exact) mass is 266 g/mol. The van der Waals surface area contributed by atoms with E-state index in [4.69, 9.17) is 10.5 Å². The summed E-state index contributed by atoms with van der Waals surface area (Å²) >= 11 is 0. The summed E-state index contributed by atoms with van der Waals surface area (Å²) in [5.41, 5.74) is 5.79. The molecule has 0 aliphatic heterocycles. The minimum Gasteiger partial charge on any atom is -0.479 e. The molecule has 1 amide bonds. The van der Waals surface area contributed by atoms with E-state index in [1.54, 1.807) is 0 Å². The van der Waals surface area contributed by atoms with Gasteiger partial charge in [-0.05, 0) is 25.0 Å². The Bertz CT molecular complexity index is 425. The Morgan fingerprint density at radius 3 is 2.79 bits per heavy atom. The van der Waals surface area contributed by atoms with Gasteiger partial charge in [0.25, 0.3) is 5.91 Å². The number of benzene rings is 1. The summed E-state index contributed by atoms with van der Waals surface area (Å²) in [6.45, 7) is -0.207. The fourth-order valence-corrected chi connectivity index (χ4v) is 2.33. The van der Waals surface area contributed by atoms with Crippen molar-refractivity contribution in [1.82, 2.24) is 5.32 Å². The molecule has 0 spiro atoms. The molecule has 2 rings (SSSR count). The first-order valence-electron chi connectivity index (χ1n) is 6.63. The highest BCUT2D eigenvalue weighted by atomic mass is 19.1. The van der Waals surface area contributed by atoms with Crippen LogP contribution in [-0.2, 0) is 4.79 Å². The highest BCUT2D eigenvalue weighted by molar-refractivity contribution is 5.78. The minimum atomic E-state index is -0.550. The van der Waals surface area contributed by atoms with Crippen molar-refractivity contribution in [1.29, 1.82) is 0 Å². The van der Waals surface area contributed by atoms with Crippen molar-refractivity contribution in [2.45, 2.75) is 38.1 Å². The van der Waals surface area contributed by atoms with Crippen molar-refractivity contribution < 1.29 is 13.9 Å². The third kappa shape index (κ3) is 3.84. The van der Waals surface area contributed by atoms with E-state index in [-0.39, 0.29) is 30.0 Å². The molecule has 1 saturated carbocycles. The van der Waals surface area contributed by atoms with Crippen LogP contribution in [0.2, 0.25) is 0 Å². The molecule has 19 heavy (non-hydrogen) atoms. The lowest BCUT2D eigenvalue weighted by Crippen LogP contribution is -2.39. The van der Waals surface area contributed by atoms with Crippen molar-refractivity contribution >= 4 is 11.6 Å². The third-order valence-electron chi connectivity index (χ3n) is 3.32. The smallest absolute Gasteiger partial charge is 0.258 e. The maximum absolute atomic E-state index is 13.4. The molecule has 0 radical (unpaired) electrons. The molecule has 104 valence electrons. The van der Waals surface area contributed by atoms with Gasteiger partial charge in [0.2, 0.25) is 0 Å². The van der Waals surface area contributed by atoms with Crippen molar-refractivity contribution in [3.05, 3.63) is 24.0 Å². The quantitative estimate of drug-likeness (QED) is 0.821. The standard InChI is InChI=1S/C14H19FN2O2/c15-11-7-4-8-12(16)14(11)19-9-13(18)17-10-5-2-1-3-6-10/h4,7-8,10H,1-3,5-6,9,16H2,(H,17,18). The van der Waals surface area contributed by atoms with E-state index < -0.39 is 5.82 Å². The van der Waals surface area contributed by atoms with Crippen LogP contribution in [0.15, 0.2) is 18.2 Å². The van der Waals surface area contributed by atoms with Crippen molar-refractivity contribution in [2.24, 2.45) is 0 Å². The van der Waals surface area contributed by atoms with E-state index in [1.807, 2.05) is 0 Å². The molecule has 1 aliphatic rings. The number of halogens is 1. The van der Waals surface area contributed by atoms with E-state index in [1.165, 1.54) is 24.6 Å². The van der Waals surface area contributed by atoms with Crippen LogP contribution in [0.25, 0.3) is 0 Å². The average Bonchev–Trinajstić information content (AvgIpc) is 2.39. The maximum atomic E-state index is 13.4. The second-order valence-corrected chi connectivity index (χ2v) is 4.85. The van der Waals surface area contributed by atoms with Gasteiger partial charge in [0.15, 0.2) is 18.2 Å². The zero-order valence-corrected chi connectivity index (χ0v) is 10.8. The maximum Gasteiger partial charge on any atom is 0.258 e. The first kappa shape index (κ1) is 13.6. The molecule has 0 aromatic heterocycles. The summed E-state index contributed by atoms with van der Waals surface area (Å²) in [6.07, 6.45) is 5.54. The lowest BCUT2D eigenvalue weighted by molar-refractivity contribution is -0.124. The van der Waals surface area contributed by atoms with E-state index in [9.17, 15) is 9.18 Å². The number of hydrogen-bond acceptors (Lipinski definition) is 3. The number of nitrogens with two attached hydrogens (primary N) is 1. The Kier molecular flexibility index (Phi) is 4.60. The first-order chi connectivity index (χ1) is 9.16. The summed E-state index contributed by atoms with van der Waals surface area (Å²) in [5.74, 6) is -0.832. The number of para-hydroxylation sites is 1. The van der Waals surface area contributed by atoms with Crippen LogP contribution in [0.3, 0.4) is 0 Å². The molecule has 0 heterocycles. The normalized spacial score (nSPS) is 16.1. The molecule has 0 atom stereocenters. The highest BCUT2D eigenvalue weighted by Gasteiger charge is 2.16. The molecule has 1 aliphatic carbocycles. The number of anilines is 1. The molecule has 0 unspecified atom stereocenters. The zero-order valence-electron chi connectivity index (χ0n) is 10.8. The average molecular weight is 266 g/mol. The fourth-order valence-electron chi connectivity index (χ4n) is 2.33. The van der Waals surface area contributed by atoms with Crippen LogP contribution < -0.4 is 15.8 Å². The Labute approximate surface area is 112 Å². The van der Waals surface area contributed by atoms with Crippen LogP contribution in [0.5, 0.6) is 5.75 Å². The van der Waals surface area contributed by atoms with Gasteiger partial charge in [0.1, 0.15) is 0 Å². The molecule has 0 saturated heterocycles. The van der Waals surface area contributed by atoms with Crippen LogP contribution in [0.1, 0.15) is 32.1 Å². The molecule has 1 fully saturated rings. The summed E-state index contributed by atoms with van der Waals surface area (Å²) in [5, 5.41) is 2.90. The number of carbonyl (C=O) groups is 1. The number of carbonyl (C=O) groups excluding carboxylic acids is 1. The van der Waals surface area contributed by atoms with Gasteiger partial charge in [-0.2, -0.15) is 0 Å².